The molecule has 0 fully saturated rings. The van der Waals surface area contributed by atoms with Gasteiger partial charge in [0.1, 0.15) is 5.82 Å². The molecule has 0 aliphatic heterocycles. The molecular formula is C15H11F3N4. The van der Waals surface area contributed by atoms with Crippen molar-refractivity contribution >= 4 is 28.4 Å². The van der Waals surface area contributed by atoms with Crippen molar-refractivity contribution in [2.24, 2.45) is 0 Å². The summed E-state index contributed by atoms with van der Waals surface area (Å²) in [6.45, 7) is 0. The second-order valence-electron chi connectivity index (χ2n) is 4.65. The topological polar surface area (TPSA) is 63.8 Å². The Morgan fingerprint density at radius 2 is 1.68 bits per heavy atom. The molecule has 7 heteroatoms. The van der Waals surface area contributed by atoms with Crippen LogP contribution in [-0.4, -0.2) is 9.97 Å². The van der Waals surface area contributed by atoms with E-state index in [1.54, 1.807) is 0 Å². The standard InChI is InChI=1S/C15H11F3N4/c16-15(17,18)9-6-7-12-11(8-9)13(19)22-14(21-12)20-10-4-2-1-3-5-10/h1-8H,(H3,19,20,21,22). The number of nitrogens with one attached hydrogen (secondary N) is 1. The highest BCUT2D eigenvalue weighted by Gasteiger charge is 2.30. The summed E-state index contributed by atoms with van der Waals surface area (Å²) in [6.07, 6.45) is -4.43. The molecule has 0 saturated heterocycles. The van der Waals surface area contributed by atoms with Gasteiger partial charge in [-0.25, -0.2) is 4.98 Å². The summed E-state index contributed by atoms with van der Waals surface area (Å²) in [4.78, 5) is 8.19. The van der Waals surface area contributed by atoms with E-state index in [0.29, 0.717) is 5.52 Å². The van der Waals surface area contributed by atoms with Crippen LogP contribution in [0.5, 0.6) is 0 Å². The number of benzene rings is 2. The normalized spacial score (nSPS) is 11.6. The summed E-state index contributed by atoms with van der Waals surface area (Å²) < 4.78 is 38.2. The number of alkyl halides is 3. The maximum atomic E-state index is 12.7. The molecule has 0 saturated carbocycles. The largest absolute Gasteiger partial charge is 0.416 e. The van der Waals surface area contributed by atoms with Gasteiger partial charge in [-0.3, -0.25) is 0 Å². The molecule has 0 bridgehead atoms. The van der Waals surface area contributed by atoms with Crippen molar-refractivity contribution in [1.82, 2.24) is 9.97 Å². The van der Waals surface area contributed by atoms with Crippen molar-refractivity contribution in [3.8, 4) is 0 Å². The lowest BCUT2D eigenvalue weighted by atomic mass is 10.1. The van der Waals surface area contributed by atoms with Crippen LogP contribution in [0.4, 0.5) is 30.6 Å². The number of fused-ring (bicyclic) bond motifs is 1. The second-order valence-corrected chi connectivity index (χ2v) is 4.65. The Kier molecular flexibility index (Phi) is 3.32. The predicted molar refractivity (Wildman–Crippen MR) is 78.7 cm³/mol. The fraction of sp³-hybridized carbons (Fsp3) is 0.0667. The second kappa shape index (κ2) is 5.18. The lowest BCUT2D eigenvalue weighted by Gasteiger charge is -2.10. The molecule has 3 N–H and O–H groups in total. The first kappa shape index (κ1) is 14.1. The van der Waals surface area contributed by atoms with E-state index in [1.807, 2.05) is 30.3 Å². The Morgan fingerprint density at radius 1 is 0.955 bits per heavy atom. The van der Waals surface area contributed by atoms with Crippen LogP contribution in [0.2, 0.25) is 0 Å². The van der Waals surface area contributed by atoms with E-state index < -0.39 is 11.7 Å². The molecule has 22 heavy (non-hydrogen) atoms. The first-order valence-corrected chi connectivity index (χ1v) is 6.40. The fourth-order valence-electron chi connectivity index (χ4n) is 2.03. The van der Waals surface area contributed by atoms with Crippen LogP contribution < -0.4 is 11.1 Å². The van der Waals surface area contributed by atoms with Crippen molar-refractivity contribution in [1.29, 1.82) is 0 Å². The average molecular weight is 304 g/mol. The molecule has 0 aliphatic rings. The first-order chi connectivity index (χ1) is 10.4. The van der Waals surface area contributed by atoms with Gasteiger partial charge in [-0.1, -0.05) is 18.2 Å². The molecular weight excluding hydrogens is 293 g/mol. The molecule has 112 valence electrons. The van der Waals surface area contributed by atoms with E-state index in [-0.39, 0.29) is 17.2 Å². The number of nitrogen functional groups attached to an aromatic ring is 1. The zero-order valence-electron chi connectivity index (χ0n) is 11.2. The SMILES string of the molecule is Nc1nc(Nc2ccccc2)nc2ccc(C(F)(F)F)cc12. The predicted octanol–water partition coefficient (Wildman–Crippen LogP) is 3.97. The van der Waals surface area contributed by atoms with Gasteiger partial charge in [-0.15, -0.1) is 0 Å². The summed E-state index contributed by atoms with van der Waals surface area (Å²) in [5.74, 6) is 0.227. The maximum Gasteiger partial charge on any atom is 0.416 e. The van der Waals surface area contributed by atoms with Crippen molar-refractivity contribution in [3.63, 3.8) is 0 Å². The third kappa shape index (κ3) is 2.78. The zero-order chi connectivity index (χ0) is 15.7. The van der Waals surface area contributed by atoms with Crippen molar-refractivity contribution in [2.75, 3.05) is 11.1 Å². The summed E-state index contributed by atoms with van der Waals surface area (Å²) in [5, 5.41) is 3.13. The highest BCUT2D eigenvalue weighted by atomic mass is 19.4. The highest BCUT2D eigenvalue weighted by Crippen LogP contribution is 2.32. The molecule has 0 atom stereocenters. The van der Waals surface area contributed by atoms with E-state index in [0.717, 1.165) is 17.8 Å². The van der Waals surface area contributed by atoms with Crippen LogP contribution in [0, 0.1) is 0 Å². The maximum absolute atomic E-state index is 12.7. The lowest BCUT2D eigenvalue weighted by molar-refractivity contribution is -0.137. The number of aromatic nitrogens is 2. The molecule has 4 nitrogen and oxygen atoms in total. The van der Waals surface area contributed by atoms with Crippen molar-refractivity contribution in [2.45, 2.75) is 6.18 Å². The molecule has 0 unspecified atom stereocenters. The number of hydrogen-bond acceptors (Lipinski definition) is 4. The van der Waals surface area contributed by atoms with Crippen molar-refractivity contribution in [3.05, 3.63) is 54.1 Å². The van der Waals surface area contributed by atoms with Crippen LogP contribution in [-0.2, 0) is 6.18 Å². The summed E-state index contributed by atoms with van der Waals surface area (Å²) in [6, 6.07) is 12.4. The Bertz CT molecular complexity index is 816. The van der Waals surface area contributed by atoms with E-state index >= 15 is 0 Å². The summed E-state index contributed by atoms with van der Waals surface area (Å²) in [5.41, 5.74) is 6.09. The van der Waals surface area contributed by atoms with Gasteiger partial charge in [0.25, 0.3) is 0 Å². The molecule has 3 aromatic rings. The van der Waals surface area contributed by atoms with Crippen LogP contribution in [0.25, 0.3) is 10.9 Å². The highest BCUT2D eigenvalue weighted by molar-refractivity contribution is 5.89. The number of halogens is 3. The van der Waals surface area contributed by atoms with Gasteiger partial charge < -0.3 is 11.1 Å². The lowest BCUT2D eigenvalue weighted by Crippen LogP contribution is -2.06. The van der Waals surface area contributed by atoms with Crippen LogP contribution in [0.15, 0.2) is 48.5 Å². The Morgan fingerprint density at radius 3 is 2.36 bits per heavy atom. The van der Waals surface area contributed by atoms with Gasteiger partial charge >= 0.3 is 6.18 Å². The molecule has 1 heterocycles. The van der Waals surface area contributed by atoms with E-state index in [4.69, 9.17) is 5.73 Å². The fourth-order valence-corrected chi connectivity index (χ4v) is 2.03. The first-order valence-electron chi connectivity index (χ1n) is 6.40. The average Bonchev–Trinajstić information content (AvgIpc) is 2.47. The number of anilines is 3. The number of nitrogens with zero attached hydrogens (tertiary/aromatic N) is 2. The number of hydrogen-bond donors (Lipinski definition) is 2. The van der Waals surface area contributed by atoms with Gasteiger partial charge in [-0.2, -0.15) is 18.2 Å². The zero-order valence-corrected chi connectivity index (χ0v) is 11.2. The van der Waals surface area contributed by atoms with Crippen LogP contribution in [0.1, 0.15) is 5.56 Å². The van der Waals surface area contributed by atoms with Gasteiger partial charge in [0.2, 0.25) is 5.95 Å². The Labute approximate surface area is 123 Å². The third-order valence-corrected chi connectivity index (χ3v) is 3.08. The minimum atomic E-state index is -4.43. The third-order valence-electron chi connectivity index (χ3n) is 3.08. The minimum Gasteiger partial charge on any atom is -0.383 e. The van der Waals surface area contributed by atoms with E-state index in [2.05, 4.69) is 15.3 Å². The number of para-hydroxylation sites is 1. The Hall–Kier alpha value is -2.83. The molecule has 0 amide bonds. The molecule has 1 aromatic heterocycles. The van der Waals surface area contributed by atoms with E-state index in [1.165, 1.54) is 6.07 Å². The summed E-state index contributed by atoms with van der Waals surface area (Å²) >= 11 is 0. The van der Waals surface area contributed by atoms with Gasteiger partial charge in [0.05, 0.1) is 11.1 Å². The number of nitrogens with two attached hydrogens (primary N) is 1. The van der Waals surface area contributed by atoms with Crippen LogP contribution >= 0.6 is 0 Å². The number of rotatable bonds is 2. The van der Waals surface area contributed by atoms with Gasteiger partial charge in [0.15, 0.2) is 0 Å². The van der Waals surface area contributed by atoms with E-state index in [9.17, 15) is 13.2 Å². The quantitative estimate of drug-likeness (QED) is 0.752. The Balaban J connectivity index is 2.02. The molecule has 0 radical (unpaired) electrons. The van der Waals surface area contributed by atoms with Crippen LogP contribution in [0.3, 0.4) is 0 Å². The molecule has 0 spiro atoms. The smallest absolute Gasteiger partial charge is 0.383 e. The summed E-state index contributed by atoms with van der Waals surface area (Å²) in [7, 11) is 0. The minimum absolute atomic E-state index is 0.00506. The van der Waals surface area contributed by atoms with Crippen molar-refractivity contribution < 1.29 is 13.2 Å². The van der Waals surface area contributed by atoms with Gasteiger partial charge in [0, 0.05) is 11.1 Å². The molecule has 3 rings (SSSR count). The monoisotopic (exact) mass is 304 g/mol. The van der Waals surface area contributed by atoms with Gasteiger partial charge in [-0.05, 0) is 30.3 Å². The molecule has 0 aliphatic carbocycles. The molecule has 2 aromatic carbocycles.